The van der Waals surface area contributed by atoms with E-state index in [1.54, 1.807) is 0 Å². The van der Waals surface area contributed by atoms with Gasteiger partial charge in [-0.25, -0.2) is 8.78 Å². The Balaban J connectivity index is 0.00000128. The first-order valence-corrected chi connectivity index (χ1v) is 5.16. The van der Waals surface area contributed by atoms with Crippen LogP contribution in [0.25, 0.3) is 0 Å². The molecule has 1 aliphatic rings. The molecule has 0 amide bonds. The van der Waals surface area contributed by atoms with Crippen LogP contribution in [-0.2, 0) is 6.42 Å². The third kappa shape index (κ3) is 3.16. The van der Waals surface area contributed by atoms with Crippen LogP contribution in [0.1, 0.15) is 18.9 Å². The highest BCUT2D eigenvalue weighted by Gasteiger charge is 2.46. The van der Waals surface area contributed by atoms with Gasteiger partial charge in [0.15, 0.2) is 0 Å². The van der Waals surface area contributed by atoms with Crippen LogP contribution in [0.15, 0.2) is 30.3 Å². The van der Waals surface area contributed by atoms with Gasteiger partial charge in [-0.1, -0.05) is 30.3 Å². The summed E-state index contributed by atoms with van der Waals surface area (Å²) < 4.78 is 26.2. The van der Waals surface area contributed by atoms with Crippen molar-refractivity contribution in [3.8, 4) is 0 Å². The average molecular weight is 248 g/mol. The molecule has 1 nitrogen and oxygen atoms in total. The van der Waals surface area contributed by atoms with Gasteiger partial charge in [0, 0.05) is 12.0 Å². The van der Waals surface area contributed by atoms with Gasteiger partial charge in [0.2, 0.25) is 0 Å². The molecular formula is C12H16ClF2N. The zero-order valence-electron chi connectivity index (χ0n) is 9.17. The highest BCUT2D eigenvalue weighted by Crippen LogP contribution is 2.34. The maximum Gasteiger partial charge on any atom is 0.262 e. The molecule has 1 saturated heterocycles. The minimum absolute atomic E-state index is 0. The molecule has 0 aliphatic carbocycles. The fourth-order valence-electron chi connectivity index (χ4n) is 2.21. The number of benzene rings is 1. The molecule has 4 heteroatoms. The molecule has 1 aliphatic heterocycles. The maximum absolute atomic E-state index is 13.1. The number of rotatable bonds is 2. The predicted molar refractivity (Wildman–Crippen MR) is 63.4 cm³/mol. The second-order valence-electron chi connectivity index (χ2n) is 4.61. The maximum atomic E-state index is 13.1. The van der Waals surface area contributed by atoms with E-state index >= 15 is 0 Å². The molecular weight excluding hydrogens is 232 g/mol. The van der Waals surface area contributed by atoms with Crippen LogP contribution in [0, 0.1) is 0 Å². The van der Waals surface area contributed by atoms with Gasteiger partial charge in [0.1, 0.15) is 0 Å². The molecule has 1 heterocycles. The highest BCUT2D eigenvalue weighted by molar-refractivity contribution is 5.85. The summed E-state index contributed by atoms with van der Waals surface area (Å²) in [6.45, 7) is 1.66. The number of hydrogen-bond donors (Lipinski definition) is 1. The van der Waals surface area contributed by atoms with Crippen LogP contribution in [0.5, 0.6) is 0 Å². The summed E-state index contributed by atoms with van der Waals surface area (Å²) in [6, 6.07) is 9.76. The van der Waals surface area contributed by atoms with E-state index in [0.29, 0.717) is 6.42 Å². The highest BCUT2D eigenvalue weighted by atomic mass is 35.5. The van der Waals surface area contributed by atoms with Crippen LogP contribution >= 0.6 is 12.4 Å². The number of nitrogens with one attached hydrogen (secondary N) is 1. The summed E-state index contributed by atoms with van der Waals surface area (Å²) in [7, 11) is 0. The van der Waals surface area contributed by atoms with Gasteiger partial charge < -0.3 is 5.32 Å². The van der Waals surface area contributed by atoms with E-state index in [1.165, 1.54) is 0 Å². The van der Waals surface area contributed by atoms with Crippen LogP contribution in [-0.4, -0.2) is 18.0 Å². The van der Waals surface area contributed by atoms with Crippen molar-refractivity contribution in [2.45, 2.75) is 31.2 Å². The van der Waals surface area contributed by atoms with Crippen LogP contribution in [0.4, 0.5) is 8.78 Å². The fourth-order valence-corrected chi connectivity index (χ4v) is 2.21. The topological polar surface area (TPSA) is 12.0 Å². The minimum atomic E-state index is -2.55. The molecule has 1 unspecified atom stereocenters. The Morgan fingerprint density at radius 2 is 1.88 bits per heavy atom. The molecule has 0 radical (unpaired) electrons. The second-order valence-corrected chi connectivity index (χ2v) is 4.61. The Bertz CT molecular complexity index is 342. The van der Waals surface area contributed by atoms with Crippen molar-refractivity contribution >= 4 is 12.4 Å². The molecule has 1 atom stereocenters. The van der Waals surface area contributed by atoms with Crippen molar-refractivity contribution < 1.29 is 8.78 Å². The zero-order valence-corrected chi connectivity index (χ0v) is 9.99. The summed E-state index contributed by atoms with van der Waals surface area (Å²) in [6.07, 6.45) is 0.582. The molecule has 90 valence electrons. The second kappa shape index (κ2) is 4.68. The molecule has 1 aromatic rings. The van der Waals surface area contributed by atoms with Crippen LogP contribution in [0.2, 0.25) is 0 Å². The summed E-state index contributed by atoms with van der Waals surface area (Å²) in [5.41, 5.74) is 0.635. The normalized spacial score (nSPS) is 27.4. The average Bonchev–Trinajstić information content (AvgIpc) is 2.42. The largest absolute Gasteiger partial charge is 0.305 e. The first-order chi connectivity index (χ1) is 6.99. The molecule has 0 bridgehead atoms. The molecule has 2 rings (SSSR count). The number of hydrogen-bond acceptors (Lipinski definition) is 1. The molecule has 1 aromatic carbocycles. The van der Waals surface area contributed by atoms with E-state index in [4.69, 9.17) is 0 Å². The molecule has 0 saturated carbocycles. The number of halogens is 3. The van der Waals surface area contributed by atoms with E-state index < -0.39 is 11.5 Å². The lowest BCUT2D eigenvalue weighted by molar-refractivity contribution is 0.0168. The third-order valence-corrected chi connectivity index (χ3v) is 2.86. The van der Waals surface area contributed by atoms with Crippen LogP contribution in [0.3, 0.4) is 0 Å². The summed E-state index contributed by atoms with van der Waals surface area (Å²) in [5, 5.41) is 2.92. The van der Waals surface area contributed by atoms with Gasteiger partial charge in [-0.15, -0.1) is 12.4 Å². The molecule has 0 spiro atoms. The van der Waals surface area contributed by atoms with E-state index in [-0.39, 0.29) is 25.4 Å². The summed E-state index contributed by atoms with van der Waals surface area (Å²) in [4.78, 5) is 0. The first-order valence-electron chi connectivity index (χ1n) is 5.16. The van der Waals surface area contributed by atoms with Gasteiger partial charge in [0.25, 0.3) is 5.92 Å². The number of alkyl halides is 2. The Hall–Kier alpha value is -0.670. The minimum Gasteiger partial charge on any atom is -0.305 e. The zero-order chi connectivity index (χ0) is 10.9. The summed E-state index contributed by atoms with van der Waals surface area (Å²) >= 11 is 0. The van der Waals surface area contributed by atoms with E-state index in [9.17, 15) is 8.78 Å². The molecule has 16 heavy (non-hydrogen) atoms. The van der Waals surface area contributed by atoms with E-state index in [2.05, 4.69) is 5.32 Å². The Morgan fingerprint density at radius 3 is 2.38 bits per heavy atom. The van der Waals surface area contributed by atoms with Crippen LogP contribution < -0.4 is 5.32 Å². The predicted octanol–water partition coefficient (Wildman–Crippen LogP) is 3.04. The lowest BCUT2D eigenvalue weighted by Gasteiger charge is -2.24. The van der Waals surface area contributed by atoms with Crippen molar-refractivity contribution in [3.05, 3.63) is 35.9 Å². The summed E-state index contributed by atoms with van der Waals surface area (Å²) in [5.74, 6) is -2.55. The first kappa shape index (κ1) is 13.4. The van der Waals surface area contributed by atoms with Crippen molar-refractivity contribution in [1.82, 2.24) is 5.32 Å². The van der Waals surface area contributed by atoms with Gasteiger partial charge in [0.05, 0.1) is 6.54 Å². The quantitative estimate of drug-likeness (QED) is 0.847. The van der Waals surface area contributed by atoms with Crippen molar-refractivity contribution in [1.29, 1.82) is 0 Å². The lowest BCUT2D eigenvalue weighted by Crippen LogP contribution is -2.38. The van der Waals surface area contributed by atoms with Crippen molar-refractivity contribution in [2.75, 3.05) is 6.54 Å². The van der Waals surface area contributed by atoms with Crippen molar-refractivity contribution in [2.24, 2.45) is 0 Å². The fraction of sp³-hybridized carbons (Fsp3) is 0.500. The van der Waals surface area contributed by atoms with Gasteiger partial charge in [-0.3, -0.25) is 0 Å². The van der Waals surface area contributed by atoms with E-state index in [1.807, 2.05) is 37.3 Å². The molecule has 1 fully saturated rings. The standard InChI is InChI=1S/C12H15F2N.ClH/c1-11(8-12(13,14)9-15-11)7-10-5-3-2-4-6-10;/h2-6,15H,7-9H2,1H3;1H. The Morgan fingerprint density at radius 1 is 1.25 bits per heavy atom. The monoisotopic (exact) mass is 247 g/mol. The molecule has 1 N–H and O–H groups in total. The van der Waals surface area contributed by atoms with Crippen molar-refractivity contribution in [3.63, 3.8) is 0 Å². The SMILES string of the molecule is CC1(Cc2ccccc2)CC(F)(F)CN1.Cl. The lowest BCUT2D eigenvalue weighted by atomic mass is 9.91. The Labute approximate surface area is 101 Å². The van der Waals surface area contributed by atoms with Gasteiger partial charge >= 0.3 is 0 Å². The smallest absolute Gasteiger partial charge is 0.262 e. The Kier molecular flexibility index (Phi) is 3.92. The molecule has 0 aromatic heterocycles. The van der Waals surface area contributed by atoms with E-state index in [0.717, 1.165) is 5.56 Å². The van der Waals surface area contributed by atoms with Gasteiger partial charge in [-0.2, -0.15) is 0 Å². The van der Waals surface area contributed by atoms with Gasteiger partial charge in [-0.05, 0) is 18.9 Å². The third-order valence-electron chi connectivity index (χ3n) is 2.86.